The van der Waals surface area contributed by atoms with Crippen molar-refractivity contribution < 1.29 is 14.3 Å². The van der Waals surface area contributed by atoms with E-state index in [9.17, 15) is 9.59 Å². The normalized spacial score (nSPS) is 12.8. The molecule has 1 aromatic carbocycles. The van der Waals surface area contributed by atoms with Crippen LogP contribution in [0, 0.1) is 0 Å². The van der Waals surface area contributed by atoms with Crippen LogP contribution in [0.15, 0.2) is 52.6 Å². The van der Waals surface area contributed by atoms with Crippen LogP contribution in [0.3, 0.4) is 0 Å². The number of benzene rings is 1. The number of carbonyl (C=O) groups excluding carboxylic acids is 1. The first kappa shape index (κ1) is 18.5. The van der Waals surface area contributed by atoms with Crippen molar-refractivity contribution in [3.05, 3.63) is 63.1 Å². The quantitative estimate of drug-likeness (QED) is 0.566. The van der Waals surface area contributed by atoms with Crippen molar-refractivity contribution in [2.45, 2.75) is 39.3 Å². The van der Waals surface area contributed by atoms with Crippen molar-refractivity contribution in [2.75, 3.05) is 0 Å². The molecule has 0 atom stereocenters. The Hall–Kier alpha value is -2.86. The highest BCUT2D eigenvalue weighted by atomic mass is 32.1. The summed E-state index contributed by atoms with van der Waals surface area (Å²) in [7, 11) is 0. The zero-order chi connectivity index (χ0) is 19.9. The molecule has 0 saturated heterocycles. The number of aromatic nitrogens is 1. The lowest BCUT2D eigenvalue weighted by Gasteiger charge is -2.24. The molecule has 3 heterocycles. The molecule has 4 rings (SSSR count). The molecule has 28 heavy (non-hydrogen) atoms. The Labute approximate surface area is 167 Å². The molecule has 0 N–H and O–H groups in total. The van der Waals surface area contributed by atoms with E-state index in [0.717, 1.165) is 17.5 Å². The second-order valence-electron chi connectivity index (χ2n) is 7.67. The Morgan fingerprint density at radius 3 is 2.57 bits per heavy atom. The number of hydrogen-bond donors (Lipinski definition) is 0. The summed E-state index contributed by atoms with van der Waals surface area (Å²) >= 11 is 1.65. The number of fused-ring (bicyclic) bond motifs is 3. The van der Waals surface area contributed by atoms with Crippen LogP contribution in [0.4, 0.5) is 4.79 Å². The van der Waals surface area contributed by atoms with Crippen LogP contribution in [0.2, 0.25) is 0 Å². The molecule has 0 spiro atoms. The van der Waals surface area contributed by atoms with Gasteiger partial charge in [0.15, 0.2) is 5.75 Å². The number of pyridine rings is 1. The topological polar surface area (TPSA) is 57.5 Å². The molecule has 1 aliphatic heterocycles. The molecule has 5 nitrogen and oxygen atoms in total. The van der Waals surface area contributed by atoms with Gasteiger partial charge in [-0.3, -0.25) is 4.79 Å². The number of hydrogen-bond acceptors (Lipinski definition) is 5. The van der Waals surface area contributed by atoms with E-state index in [1.807, 2.05) is 41.8 Å². The lowest BCUT2D eigenvalue weighted by molar-refractivity contribution is 0.0206. The van der Waals surface area contributed by atoms with Crippen molar-refractivity contribution in [1.29, 1.82) is 0 Å². The number of thiophene rings is 1. The molecular formula is C22H21NO4S. The van der Waals surface area contributed by atoms with E-state index in [2.05, 4.69) is 0 Å². The summed E-state index contributed by atoms with van der Waals surface area (Å²) in [5, 5.41) is 1.99. The van der Waals surface area contributed by atoms with Gasteiger partial charge in [-0.05, 0) is 43.8 Å². The molecule has 0 unspecified atom stereocenters. The SMILES string of the molecule is CC(C)(C)OC(=O)Oc1cc(-c2ccccc2)c(=O)n2c1-c1ccsc1CC2. The maximum absolute atomic E-state index is 13.2. The highest BCUT2D eigenvalue weighted by Gasteiger charge is 2.27. The largest absolute Gasteiger partial charge is 0.514 e. The third-order valence-electron chi connectivity index (χ3n) is 4.48. The smallest absolute Gasteiger partial charge is 0.428 e. The van der Waals surface area contributed by atoms with Gasteiger partial charge in [0.25, 0.3) is 5.56 Å². The molecule has 1 aliphatic rings. The summed E-state index contributed by atoms with van der Waals surface area (Å²) in [5.41, 5.74) is 2.10. The zero-order valence-electron chi connectivity index (χ0n) is 16.0. The zero-order valence-corrected chi connectivity index (χ0v) is 16.8. The van der Waals surface area contributed by atoms with Gasteiger partial charge in [-0.1, -0.05) is 30.3 Å². The van der Waals surface area contributed by atoms with Gasteiger partial charge in [0, 0.05) is 23.4 Å². The molecule has 144 valence electrons. The van der Waals surface area contributed by atoms with Crippen molar-refractivity contribution >= 4 is 17.5 Å². The van der Waals surface area contributed by atoms with Crippen molar-refractivity contribution in [3.63, 3.8) is 0 Å². The maximum Gasteiger partial charge on any atom is 0.514 e. The Morgan fingerprint density at radius 2 is 1.86 bits per heavy atom. The second kappa shape index (κ2) is 6.95. The molecule has 6 heteroatoms. The first-order valence-corrected chi connectivity index (χ1v) is 10.0. The molecule has 0 saturated carbocycles. The first-order valence-electron chi connectivity index (χ1n) is 9.14. The summed E-state index contributed by atoms with van der Waals surface area (Å²) in [6.07, 6.45) is -0.000344. The van der Waals surface area contributed by atoms with Crippen molar-refractivity contribution in [2.24, 2.45) is 0 Å². The molecule has 0 bridgehead atoms. The van der Waals surface area contributed by atoms with E-state index in [-0.39, 0.29) is 5.56 Å². The van der Waals surface area contributed by atoms with Crippen LogP contribution in [-0.4, -0.2) is 16.3 Å². The number of aryl methyl sites for hydroxylation is 1. The monoisotopic (exact) mass is 395 g/mol. The summed E-state index contributed by atoms with van der Waals surface area (Å²) in [6.45, 7) is 5.90. The Bertz CT molecular complexity index is 1090. The summed E-state index contributed by atoms with van der Waals surface area (Å²) in [4.78, 5) is 26.8. The van der Waals surface area contributed by atoms with E-state index in [1.54, 1.807) is 42.7 Å². The van der Waals surface area contributed by atoms with E-state index < -0.39 is 11.8 Å². The number of ether oxygens (including phenoxy) is 2. The van der Waals surface area contributed by atoms with E-state index in [1.165, 1.54) is 4.88 Å². The Kier molecular flexibility index (Phi) is 4.59. The predicted octanol–water partition coefficient (Wildman–Crippen LogP) is 5.11. The van der Waals surface area contributed by atoms with Crippen LogP contribution in [0.5, 0.6) is 5.75 Å². The molecule has 0 amide bonds. The third kappa shape index (κ3) is 3.47. The van der Waals surface area contributed by atoms with E-state index in [4.69, 9.17) is 9.47 Å². The Morgan fingerprint density at radius 1 is 1.11 bits per heavy atom. The molecule has 2 aromatic heterocycles. The minimum Gasteiger partial charge on any atom is -0.428 e. The van der Waals surface area contributed by atoms with E-state index in [0.29, 0.717) is 23.6 Å². The Balaban J connectivity index is 1.88. The van der Waals surface area contributed by atoms with Crippen molar-refractivity contribution in [3.8, 4) is 28.1 Å². The number of rotatable bonds is 2. The second-order valence-corrected chi connectivity index (χ2v) is 8.67. The lowest BCUT2D eigenvalue weighted by Crippen LogP contribution is -2.29. The van der Waals surface area contributed by atoms with Crippen LogP contribution >= 0.6 is 11.3 Å². The van der Waals surface area contributed by atoms with Crippen molar-refractivity contribution in [1.82, 2.24) is 4.57 Å². The summed E-state index contributed by atoms with van der Waals surface area (Å²) < 4.78 is 12.7. The highest BCUT2D eigenvalue weighted by Crippen LogP contribution is 2.39. The van der Waals surface area contributed by atoms with Crippen LogP contribution in [-0.2, 0) is 17.7 Å². The fraction of sp³-hybridized carbons (Fsp3) is 0.273. The summed E-state index contributed by atoms with van der Waals surface area (Å²) in [6, 6.07) is 13.0. The molecule has 0 fully saturated rings. The van der Waals surface area contributed by atoms with Gasteiger partial charge in [0.05, 0.1) is 11.3 Å². The van der Waals surface area contributed by atoms with Crippen LogP contribution in [0.1, 0.15) is 25.6 Å². The molecular weight excluding hydrogens is 374 g/mol. The molecule has 0 aliphatic carbocycles. The van der Waals surface area contributed by atoms with Gasteiger partial charge in [0.2, 0.25) is 0 Å². The van der Waals surface area contributed by atoms with Crippen LogP contribution in [0.25, 0.3) is 22.4 Å². The van der Waals surface area contributed by atoms with Gasteiger partial charge in [-0.25, -0.2) is 4.79 Å². The maximum atomic E-state index is 13.2. The predicted molar refractivity (Wildman–Crippen MR) is 110 cm³/mol. The minimum absolute atomic E-state index is 0.0883. The van der Waals surface area contributed by atoms with Crippen LogP contribution < -0.4 is 10.3 Å². The third-order valence-corrected chi connectivity index (χ3v) is 5.47. The standard InChI is InChI=1S/C22H21NO4S/c1-22(2,3)27-21(25)26-17-13-16(14-7-5-4-6-8-14)20(24)23-11-9-18-15(19(17)23)10-12-28-18/h4-8,10,12-13H,9,11H2,1-3H3. The first-order chi connectivity index (χ1) is 13.3. The fourth-order valence-corrected chi connectivity index (χ4v) is 4.22. The van der Waals surface area contributed by atoms with Gasteiger partial charge >= 0.3 is 6.16 Å². The average molecular weight is 395 g/mol. The number of carbonyl (C=O) groups is 1. The highest BCUT2D eigenvalue weighted by molar-refractivity contribution is 7.10. The van der Waals surface area contributed by atoms with Gasteiger partial charge in [0.1, 0.15) is 5.60 Å². The fourth-order valence-electron chi connectivity index (χ4n) is 3.35. The van der Waals surface area contributed by atoms with Gasteiger partial charge < -0.3 is 14.0 Å². The average Bonchev–Trinajstić information content (AvgIpc) is 3.11. The van der Waals surface area contributed by atoms with Gasteiger partial charge in [-0.2, -0.15) is 0 Å². The summed E-state index contributed by atoms with van der Waals surface area (Å²) in [5.74, 6) is 0.340. The number of nitrogens with zero attached hydrogens (tertiary/aromatic N) is 1. The van der Waals surface area contributed by atoms with E-state index >= 15 is 0 Å². The minimum atomic E-state index is -0.782. The molecule has 3 aromatic rings. The lowest BCUT2D eigenvalue weighted by atomic mass is 10.0. The molecule has 0 radical (unpaired) electrons. The van der Waals surface area contributed by atoms with Gasteiger partial charge in [-0.15, -0.1) is 11.3 Å².